The molecule has 0 aliphatic heterocycles. The van der Waals surface area contributed by atoms with E-state index in [4.69, 9.17) is 14.4 Å². The second-order valence-electron chi connectivity index (χ2n) is 14.1. The first kappa shape index (κ1) is 35.3. The van der Waals surface area contributed by atoms with Gasteiger partial charge in [-0.2, -0.15) is 0 Å². The zero-order valence-corrected chi connectivity index (χ0v) is 31.8. The predicted molar refractivity (Wildman–Crippen MR) is 239 cm³/mol. The lowest BCUT2D eigenvalue weighted by Crippen LogP contribution is -2.02. The van der Waals surface area contributed by atoms with Crippen LogP contribution >= 0.6 is 0 Å². The summed E-state index contributed by atoms with van der Waals surface area (Å²) in [5, 5.41) is 2.12. The fourth-order valence-electron chi connectivity index (χ4n) is 7.81. The Morgan fingerprint density at radius 1 is 0.561 bits per heavy atom. The first-order valence-corrected chi connectivity index (χ1v) is 19.4. The molecule has 0 N–H and O–H groups in total. The van der Waals surface area contributed by atoms with E-state index in [1.165, 1.54) is 11.1 Å². The molecule has 0 aliphatic carbocycles. The van der Waals surface area contributed by atoms with Crippen LogP contribution in [0.15, 0.2) is 211 Å². The second kappa shape index (κ2) is 15.8. The van der Waals surface area contributed by atoms with Crippen LogP contribution in [0.3, 0.4) is 0 Å². The summed E-state index contributed by atoms with van der Waals surface area (Å²) in [6.45, 7) is 6.12. The quantitative estimate of drug-likeness (QED) is 0.131. The minimum atomic E-state index is 0.508. The van der Waals surface area contributed by atoms with E-state index in [0.29, 0.717) is 6.42 Å². The Hall–Kier alpha value is -7.36. The molecule has 0 unspecified atom stereocenters. The Bertz CT molecular complexity index is 2940. The number of furan rings is 1. The lowest BCUT2D eigenvalue weighted by molar-refractivity contribution is 0.670. The number of hydrogen-bond donors (Lipinski definition) is 0. The van der Waals surface area contributed by atoms with Crippen LogP contribution in [0, 0.1) is 0 Å². The second-order valence-corrected chi connectivity index (χ2v) is 14.1. The Morgan fingerprint density at radius 3 is 1.77 bits per heavy atom. The largest absolute Gasteiger partial charge is 0.455 e. The van der Waals surface area contributed by atoms with E-state index in [-0.39, 0.29) is 0 Å². The molecule has 3 heteroatoms. The van der Waals surface area contributed by atoms with E-state index in [1.54, 1.807) is 0 Å². The number of benzene rings is 7. The smallest absolute Gasteiger partial charge is 0.143 e. The van der Waals surface area contributed by atoms with E-state index in [1.807, 2.05) is 49.4 Å². The van der Waals surface area contributed by atoms with Crippen molar-refractivity contribution < 1.29 is 4.42 Å². The first-order valence-electron chi connectivity index (χ1n) is 19.4. The molecule has 9 aromatic rings. The van der Waals surface area contributed by atoms with Crippen LogP contribution in [0.5, 0.6) is 0 Å². The molecule has 7 aromatic carbocycles. The minimum Gasteiger partial charge on any atom is -0.455 e. The monoisotopic (exact) mass is 732 g/mol. The molecule has 0 saturated heterocycles. The van der Waals surface area contributed by atoms with E-state index in [2.05, 4.69) is 164 Å². The number of hydrogen-bond acceptors (Lipinski definition) is 3. The topological polar surface area (TPSA) is 38.9 Å². The van der Waals surface area contributed by atoms with Gasteiger partial charge < -0.3 is 4.42 Å². The average molecular weight is 733 g/mol. The van der Waals surface area contributed by atoms with Gasteiger partial charge in [-0.25, -0.2) is 9.97 Å². The third kappa shape index (κ3) is 7.03. The fraction of sp³-hybridized carbons (Fsp3) is 0.0370. The summed E-state index contributed by atoms with van der Waals surface area (Å²) in [5.41, 5.74) is 15.5. The van der Waals surface area contributed by atoms with Gasteiger partial charge in [0.05, 0.1) is 11.4 Å². The number of nitrogens with zero attached hydrogens (tertiary/aromatic N) is 2. The molecular formula is C54H40N2O. The van der Waals surface area contributed by atoms with Crippen molar-refractivity contribution in [1.29, 1.82) is 0 Å². The van der Waals surface area contributed by atoms with Crippen molar-refractivity contribution in [3.8, 4) is 55.8 Å². The van der Waals surface area contributed by atoms with Crippen molar-refractivity contribution in [2.45, 2.75) is 13.3 Å². The van der Waals surface area contributed by atoms with Gasteiger partial charge >= 0.3 is 0 Å². The van der Waals surface area contributed by atoms with Crippen LogP contribution in [0.2, 0.25) is 0 Å². The third-order valence-electron chi connectivity index (χ3n) is 10.5. The molecule has 0 fully saturated rings. The highest BCUT2D eigenvalue weighted by Crippen LogP contribution is 2.45. The summed E-state index contributed by atoms with van der Waals surface area (Å²) in [7, 11) is 0. The van der Waals surface area contributed by atoms with E-state index < -0.39 is 0 Å². The summed E-state index contributed by atoms with van der Waals surface area (Å²) in [5.74, 6) is 0.724. The summed E-state index contributed by atoms with van der Waals surface area (Å²) >= 11 is 0. The minimum absolute atomic E-state index is 0.508. The highest BCUT2D eigenvalue weighted by molar-refractivity contribution is 6.14. The Labute approximate surface area is 333 Å². The Balaban J connectivity index is 1.29. The highest BCUT2D eigenvalue weighted by atomic mass is 16.3. The van der Waals surface area contributed by atoms with Crippen LogP contribution in [0.4, 0.5) is 0 Å². The van der Waals surface area contributed by atoms with Gasteiger partial charge in [0.15, 0.2) is 0 Å². The molecule has 0 radical (unpaired) electrons. The molecule has 9 rings (SSSR count). The van der Waals surface area contributed by atoms with Gasteiger partial charge in [-0.3, -0.25) is 0 Å². The van der Waals surface area contributed by atoms with Crippen LogP contribution in [0.25, 0.3) is 83.3 Å². The van der Waals surface area contributed by atoms with Gasteiger partial charge in [-0.1, -0.05) is 183 Å². The molecule has 2 aromatic heterocycles. The third-order valence-corrected chi connectivity index (χ3v) is 10.5. The normalized spacial score (nSPS) is 11.8. The van der Waals surface area contributed by atoms with Gasteiger partial charge in [-0.15, -0.1) is 0 Å². The summed E-state index contributed by atoms with van der Waals surface area (Å²) in [6, 6.07) is 61.8. The van der Waals surface area contributed by atoms with Crippen molar-refractivity contribution in [3.05, 3.63) is 224 Å². The highest BCUT2D eigenvalue weighted by Gasteiger charge is 2.21. The van der Waals surface area contributed by atoms with Crippen LogP contribution < -0.4 is 0 Å². The van der Waals surface area contributed by atoms with Gasteiger partial charge in [0, 0.05) is 28.3 Å². The van der Waals surface area contributed by atoms with Crippen molar-refractivity contribution in [3.63, 3.8) is 0 Å². The van der Waals surface area contributed by atoms with Gasteiger partial charge in [0.2, 0.25) is 0 Å². The average Bonchev–Trinajstić information content (AvgIpc) is 3.67. The maximum absolute atomic E-state index is 6.96. The Morgan fingerprint density at radius 2 is 1.14 bits per heavy atom. The zero-order valence-electron chi connectivity index (χ0n) is 31.8. The maximum Gasteiger partial charge on any atom is 0.143 e. The summed E-state index contributed by atoms with van der Waals surface area (Å²) in [6.07, 6.45) is 8.43. The predicted octanol–water partition coefficient (Wildman–Crippen LogP) is 14.4. The van der Waals surface area contributed by atoms with Crippen molar-refractivity contribution in [2.75, 3.05) is 0 Å². The number of rotatable bonds is 10. The molecule has 2 heterocycles. The van der Waals surface area contributed by atoms with Gasteiger partial charge in [0.25, 0.3) is 0 Å². The number of aromatic nitrogens is 2. The van der Waals surface area contributed by atoms with Crippen LogP contribution in [-0.2, 0) is 6.42 Å². The molecule has 3 nitrogen and oxygen atoms in total. The molecule has 0 spiro atoms. The number of allylic oxidation sites excluding steroid dienone is 5. The van der Waals surface area contributed by atoms with Gasteiger partial charge in [-0.05, 0) is 81.3 Å². The maximum atomic E-state index is 6.96. The molecule has 0 amide bonds. The lowest BCUT2D eigenvalue weighted by atomic mass is 9.88. The molecule has 0 bridgehead atoms. The molecule has 0 saturated carbocycles. The molecule has 272 valence electrons. The van der Waals surface area contributed by atoms with Crippen LogP contribution in [0.1, 0.15) is 24.0 Å². The van der Waals surface area contributed by atoms with Crippen molar-refractivity contribution >= 4 is 27.5 Å². The van der Waals surface area contributed by atoms with Crippen LogP contribution in [-0.4, -0.2) is 9.97 Å². The summed E-state index contributed by atoms with van der Waals surface area (Å²) < 4.78 is 6.96. The van der Waals surface area contributed by atoms with E-state index >= 15 is 0 Å². The van der Waals surface area contributed by atoms with E-state index in [9.17, 15) is 0 Å². The molecule has 0 atom stereocenters. The van der Waals surface area contributed by atoms with Crippen molar-refractivity contribution in [1.82, 2.24) is 9.97 Å². The number of fused-ring (bicyclic) bond motifs is 3. The standard InChI is InChI=1S/C54H40N2O/c1-3-5-20-37(4-2)49-36-50(40-25-13-8-14-26-40)56-52(55-49)35-41-27-19-32-51-53(41)48-34-42(45-30-16-15-28-43(45)38-21-9-6-10-22-38)33-47(54(48)57-51)46-31-18-17-29-44(46)39-23-11-7-12-24-39/h3-34,36H,2,35H2,1H3/b5-3-,37-20+. The van der Waals surface area contributed by atoms with E-state index in [0.717, 1.165) is 89.2 Å². The van der Waals surface area contributed by atoms with Gasteiger partial charge in [0.1, 0.15) is 17.0 Å². The first-order chi connectivity index (χ1) is 28.2. The molecule has 0 aliphatic rings. The fourth-order valence-corrected chi connectivity index (χ4v) is 7.81. The van der Waals surface area contributed by atoms with Crippen molar-refractivity contribution in [2.24, 2.45) is 0 Å². The lowest BCUT2D eigenvalue weighted by Gasteiger charge is -2.15. The zero-order chi connectivity index (χ0) is 38.6. The summed E-state index contributed by atoms with van der Waals surface area (Å²) in [4.78, 5) is 10.3. The SMILES string of the molecule is C=C/C(=C\C=C/C)c1cc(-c2ccccc2)nc(Cc2cccc3oc4c(-c5ccccc5-c5ccccc5)cc(-c5ccccc5-c5ccccc5)cc4c23)n1. The Kier molecular flexibility index (Phi) is 9.79. The molecule has 57 heavy (non-hydrogen) atoms. The molecular weight excluding hydrogens is 693 g/mol.